The van der Waals surface area contributed by atoms with E-state index in [0.717, 1.165) is 16.9 Å². The molecule has 2 N–H and O–H groups in total. The zero-order chi connectivity index (χ0) is 13.5. The first-order chi connectivity index (χ1) is 9.29. The third-order valence-corrected chi connectivity index (χ3v) is 2.89. The highest BCUT2D eigenvalue weighted by molar-refractivity contribution is 5.29. The first-order valence-corrected chi connectivity index (χ1v) is 6.21. The summed E-state index contributed by atoms with van der Waals surface area (Å²) in [5, 5.41) is 13.3. The first-order valence-electron chi connectivity index (χ1n) is 6.21. The molecule has 0 spiro atoms. The average molecular weight is 258 g/mol. The minimum atomic E-state index is -0.545. The Morgan fingerprint density at radius 2 is 2.05 bits per heavy atom. The molecule has 1 aromatic carbocycles. The molecule has 0 aliphatic carbocycles. The van der Waals surface area contributed by atoms with E-state index in [-0.39, 0.29) is 0 Å². The van der Waals surface area contributed by atoms with E-state index in [9.17, 15) is 5.11 Å². The van der Waals surface area contributed by atoms with E-state index >= 15 is 0 Å². The predicted octanol–water partition coefficient (Wildman–Crippen LogP) is 1.91. The van der Waals surface area contributed by atoms with Crippen LogP contribution in [0.25, 0.3) is 0 Å². The molecular weight excluding hydrogens is 240 g/mol. The largest absolute Gasteiger partial charge is 0.497 e. The zero-order valence-electron chi connectivity index (χ0n) is 10.9. The van der Waals surface area contributed by atoms with Gasteiger partial charge >= 0.3 is 0 Å². The molecule has 2 aromatic rings. The fraction of sp³-hybridized carbons (Fsp3) is 0.267. The number of hydrogen-bond donors (Lipinski definition) is 2. The molecule has 0 saturated heterocycles. The molecular formula is C15H18N2O2. The summed E-state index contributed by atoms with van der Waals surface area (Å²) in [6.07, 6.45) is 2.97. The molecule has 2 rings (SSSR count). The second-order valence-electron chi connectivity index (χ2n) is 4.28. The molecule has 0 fully saturated rings. The van der Waals surface area contributed by atoms with Crippen molar-refractivity contribution in [3.05, 3.63) is 59.9 Å². The number of nitrogens with zero attached hydrogens (tertiary/aromatic N) is 1. The van der Waals surface area contributed by atoms with E-state index in [4.69, 9.17) is 4.74 Å². The number of methoxy groups -OCH3 is 1. The second kappa shape index (κ2) is 6.87. The van der Waals surface area contributed by atoms with Gasteiger partial charge in [-0.15, -0.1) is 0 Å². The summed E-state index contributed by atoms with van der Waals surface area (Å²) in [4.78, 5) is 3.96. The van der Waals surface area contributed by atoms with Crippen LogP contribution in [0.3, 0.4) is 0 Å². The molecule has 1 heterocycles. The molecule has 4 nitrogen and oxygen atoms in total. The van der Waals surface area contributed by atoms with Crippen LogP contribution in [0.1, 0.15) is 17.2 Å². The molecule has 0 saturated carbocycles. The number of pyridine rings is 1. The Morgan fingerprint density at radius 3 is 2.79 bits per heavy atom. The fourth-order valence-corrected chi connectivity index (χ4v) is 1.82. The van der Waals surface area contributed by atoms with Crippen LogP contribution in [0, 0.1) is 0 Å². The van der Waals surface area contributed by atoms with Gasteiger partial charge < -0.3 is 15.2 Å². The van der Waals surface area contributed by atoms with Crippen molar-refractivity contribution in [3.8, 4) is 5.75 Å². The van der Waals surface area contributed by atoms with Gasteiger partial charge in [-0.2, -0.15) is 0 Å². The topological polar surface area (TPSA) is 54.4 Å². The molecule has 0 amide bonds. The van der Waals surface area contributed by atoms with Crippen LogP contribution in [0.15, 0.2) is 48.8 Å². The van der Waals surface area contributed by atoms with E-state index in [1.165, 1.54) is 0 Å². The Hall–Kier alpha value is -1.91. The van der Waals surface area contributed by atoms with Gasteiger partial charge in [-0.1, -0.05) is 12.1 Å². The van der Waals surface area contributed by atoms with Crippen molar-refractivity contribution in [1.29, 1.82) is 0 Å². The third kappa shape index (κ3) is 4.05. The molecule has 0 aliphatic rings. The number of aliphatic hydroxyl groups excluding tert-OH is 1. The van der Waals surface area contributed by atoms with Gasteiger partial charge in [-0.05, 0) is 35.4 Å². The summed E-state index contributed by atoms with van der Waals surface area (Å²) in [6, 6.07) is 11.4. The maximum atomic E-state index is 10.1. The number of aliphatic hydroxyl groups is 1. The smallest absolute Gasteiger partial charge is 0.119 e. The van der Waals surface area contributed by atoms with Gasteiger partial charge in [0.25, 0.3) is 0 Å². The Kier molecular flexibility index (Phi) is 4.89. The highest BCUT2D eigenvalue weighted by Gasteiger charge is 2.07. The van der Waals surface area contributed by atoms with Crippen LogP contribution >= 0.6 is 0 Å². The Morgan fingerprint density at radius 1 is 1.26 bits per heavy atom. The Labute approximate surface area is 113 Å². The van der Waals surface area contributed by atoms with Gasteiger partial charge in [0.15, 0.2) is 0 Å². The standard InChI is InChI=1S/C15H18N2O2/c1-19-14-4-2-3-13(9-14)15(18)11-17-10-12-5-7-16-8-6-12/h2-9,15,17-18H,10-11H2,1H3. The molecule has 0 aliphatic heterocycles. The van der Waals surface area contributed by atoms with E-state index in [1.54, 1.807) is 19.5 Å². The van der Waals surface area contributed by atoms with Gasteiger partial charge in [-0.3, -0.25) is 4.98 Å². The van der Waals surface area contributed by atoms with Crippen LogP contribution in [-0.4, -0.2) is 23.7 Å². The normalized spacial score (nSPS) is 12.1. The van der Waals surface area contributed by atoms with E-state index < -0.39 is 6.10 Å². The number of nitrogens with one attached hydrogen (secondary N) is 1. The molecule has 1 atom stereocenters. The summed E-state index contributed by atoms with van der Waals surface area (Å²) >= 11 is 0. The highest BCUT2D eigenvalue weighted by atomic mass is 16.5. The lowest BCUT2D eigenvalue weighted by atomic mass is 10.1. The van der Waals surface area contributed by atoms with Crippen molar-refractivity contribution in [2.45, 2.75) is 12.6 Å². The van der Waals surface area contributed by atoms with Gasteiger partial charge in [0.2, 0.25) is 0 Å². The number of ether oxygens (including phenoxy) is 1. The number of aromatic nitrogens is 1. The lowest BCUT2D eigenvalue weighted by molar-refractivity contribution is 0.174. The van der Waals surface area contributed by atoms with Gasteiger partial charge in [0.1, 0.15) is 5.75 Å². The minimum Gasteiger partial charge on any atom is -0.497 e. The van der Waals surface area contributed by atoms with E-state index in [1.807, 2.05) is 36.4 Å². The van der Waals surface area contributed by atoms with Crippen molar-refractivity contribution in [2.24, 2.45) is 0 Å². The molecule has 100 valence electrons. The highest BCUT2D eigenvalue weighted by Crippen LogP contribution is 2.18. The predicted molar refractivity (Wildman–Crippen MR) is 73.9 cm³/mol. The van der Waals surface area contributed by atoms with Crippen molar-refractivity contribution in [2.75, 3.05) is 13.7 Å². The van der Waals surface area contributed by atoms with E-state index in [0.29, 0.717) is 13.1 Å². The maximum Gasteiger partial charge on any atom is 0.119 e. The van der Waals surface area contributed by atoms with Crippen LogP contribution < -0.4 is 10.1 Å². The Bertz CT molecular complexity index is 503. The monoisotopic (exact) mass is 258 g/mol. The molecule has 4 heteroatoms. The fourth-order valence-electron chi connectivity index (χ4n) is 1.82. The molecule has 1 unspecified atom stereocenters. The van der Waals surface area contributed by atoms with Crippen molar-refractivity contribution >= 4 is 0 Å². The van der Waals surface area contributed by atoms with Crippen LogP contribution in [-0.2, 0) is 6.54 Å². The summed E-state index contributed by atoms with van der Waals surface area (Å²) in [6.45, 7) is 1.21. The minimum absolute atomic E-state index is 0.496. The average Bonchev–Trinajstić information content (AvgIpc) is 2.48. The SMILES string of the molecule is COc1cccc(C(O)CNCc2ccncc2)c1. The second-order valence-corrected chi connectivity index (χ2v) is 4.28. The van der Waals surface area contributed by atoms with Crippen molar-refractivity contribution in [3.63, 3.8) is 0 Å². The van der Waals surface area contributed by atoms with Gasteiger partial charge in [-0.25, -0.2) is 0 Å². The Balaban J connectivity index is 1.85. The van der Waals surface area contributed by atoms with Crippen LogP contribution in [0.2, 0.25) is 0 Å². The third-order valence-electron chi connectivity index (χ3n) is 2.89. The molecule has 0 radical (unpaired) electrons. The lowest BCUT2D eigenvalue weighted by Gasteiger charge is -2.13. The van der Waals surface area contributed by atoms with Crippen LogP contribution in [0.5, 0.6) is 5.75 Å². The summed E-state index contributed by atoms with van der Waals surface area (Å²) in [5.41, 5.74) is 1.99. The van der Waals surface area contributed by atoms with E-state index in [2.05, 4.69) is 10.3 Å². The van der Waals surface area contributed by atoms with Crippen LogP contribution in [0.4, 0.5) is 0 Å². The zero-order valence-corrected chi connectivity index (χ0v) is 10.9. The first kappa shape index (κ1) is 13.5. The number of hydrogen-bond acceptors (Lipinski definition) is 4. The quantitative estimate of drug-likeness (QED) is 0.831. The van der Waals surface area contributed by atoms with Crippen molar-refractivity contribution < 1.29 is 9.84 Å². The summed E-state index contributed by atoms with van der Waals surface area (Å²) in [7, 11) is 1.62. The summed E-state index contributed by atoms with van der Waals surface area (Å²) < 4.78 is 5.14. The number of benzene rings is 1. The maximum absolute atomic E-state index is 10.1. The van der Waals surface area contributed by atoms with Crippen molar-refractivity contribution in [1.82, 2.24) is 10.3 Å². The van der Waals surface area contributed by atoms with Gasteiger partial charge in [0, 0.05) is 25.5 Å². The molecule has 1 aromatic heterocycles. The number of rotatable bonds is 6. The summed E-state index contributed by atoms with van der Waals surface area (Å²) in [5.74, 6) is 0.755. The lowest BCUT2D eigenvalue weighted by Crippen LogP contribution is -2.21. The van der Waals surface area contributed by atoms with Gasteiger partial charge in [0.05, 0.1) is 13.2 Å². The molecule has 19 heavy (non-hydrogen) atoms. The molecule has 0 bridgehead atoms.